The molecule has 0 aliphatic heterocycles. The maximum Gasteiger partial charge on any atom is 0.261 e. The van der Waals surface area contributed by atoms with Crippen molar-refractivity contribution in [3.05, 3.63) is 60.5 Å². The minimum Gasteiger partial charge on any atom is -0.350 e. The van der Waals surface area contributed by atoms with Crippen LogP contribution in [-0.2, 0) is 32.7 Å². The molecule has 152 valence electrons. The fourth-order valence-corrected chi connectivity index (χ4v) is 4.09. The van der Waals surface area contributed by atoms with Gasteiger partial charge in [0.05, 0.1) is 4.47 Å². The Morgan fingerprint density at radius 2 is 1.64 bits per heavy atom. The van der Waals surface area contributed by atoms with E-state index >= 15 is 0 Å². The zero-order chi connectivity index (χ0) is 21.0. The van der Waals surface area contributed by atoms with Crippen LogP contribution in [0.25, 0.3) is 0 Å². The van der Waals surface area contributed by atoms with Gasteiger partial charge in [-0.3, -0.25) is 9.59 Å². The van der Waals surface area contributed by atoms with Crippen LogP contribution in [0.4, 0.5) is 5.69 Å². The molecule has 0 radical (unpaired) electrons. The van der Waals surface area contributed by atoms with Crippen molar-refractivity contribution in [3.8, 4) is 0 Å². The van der Waals surface area contributed by atoms with Crippen LogP contribution >= 0.6 is 15.9 Å². The van der Waals surface area contributed by atoms with Crippen LogP contribution < -0.4 is 10.7 Å². The van der Waals surface area contributed by atoms with Gasteiger partial charge in [-0.05, 0) is 65.2 Å². The third-order valence-electron chi connectivity index (χ3n) is 5.42. The Labute approximate surface area is 176 Å². The van der Waals surface area contributed by atoms with Crippen LogP contribution in [0.2, 0.25) is 0 Å². The maximum absolute atomic E-state index is 13.3. The molecule has 1 aromatic heterocycles. The topological polar surface area (TPSA) is 51.1 Å². The minimum atomic E-state index is -0.321. The molecular formula is C23H31BrN2O2. The lowest BCUT2D eigenvalue weighted by Crippen LogP contribution is -2.29. The van der Waals surface area contributed by atoms with Crippen molar-refractivity contribution in [2.75, 3.05) is 5.32 Å². The average Bonchev–Trinajstić information content (AvgIpc) is 2.70. The van der Waals surface area contributed by atoms with Crippen molar-refractivity contribution in [2.45, 2.75) is 66.7 Å². The Bertz CT molecular complexity index is 920. The van der Waals surface area contributed by atoms with E-state index in [2.05, 4.69) is 61.1 Å². The Hall–Kier alpha value is -1.88. The van der Waals surface area contributed by atoms with Gasteiger partial charge in [-0.15, -0.1) is 0 Å². The smallest absolute Gasteiger partial charge is 0.261 e. The molecule has 0 spiro atoms. The number of carbonyl (C=O) groups excluding carboxylic acids is 1. The molecule has 5 heteroatoms. The second-order valence-corrected chi connectivity index (χ2v) is 7.96. The molecule has 0 fully saturated rings. The van der Waals surface area contributed by atoms with E-state index in [1.54, 1.807) is 0 Å². The third-order valence-corrected chi connectivity index (χ3v) is 6.36. The Balaban J connectivity index is 2.62. The molecule has 0 unspecified atom stereocenters. The van der Waals surface area contributed by atoms with E-state index in [4.69, 9.17) is 0 Å². The van der Waals surface area contributed by atoms with Crippen LogP contribution in [0, 0.1) is 6.92 Å². The van der Waals surface area contributed by atoms with Crippen molar-refractivity contribution in [1.82, 2.24) is 4.57 Å². The molecule has 28 heavy (non-hydrogen) atoms. The number of nitrogens with zero attached hydrogens (tertiary/aromatic N) is 1. The van der Waals surface area contributed by atoms with Gasteiger partial charge in [0.1, 0.15) is 5.56 Å². The molecule has 2 aromatic rings. The number of hydrogen-bond donors (Lipinski definition) is 1. The van der Waals surface area contributed by atoms with E-state index in [0.717, 1.165) is 53.9 Å². The highest BCUT2D eigenvalue weighted by molar-refractivity contribution is 9.10. The molecule has 1 heterocycles. The summed E-state index contributed by atoms with van der Waals surface area (Å²) in [5, 5.41) is 3.09. The van der Waals surface area contributed by atoms with Gasteiger partial charge in [0, 0.05) is 24.1 Å². The van der Waals surface area contributed by atoms with Gasteiger partial charge in [0.2, 0.25) is 5.43 Å². The lowest BCUT2D eigenvalue weighted by molar-refractivity contribution is 0.102. The van der Waals surface area contributed by atoms with Gasteiger partial charge >= 0.3 is 0 Å². The predicted octanol–water partition coefficient (Wildman–Crippen LogP) is 5.35. The van der Waals surface area contributed by atoms with Crippen molar-refractivity contribution < 1.29 is 4.79 Å². The normalized spacial score (nSPS) is 11.0. The first-order valence-electron chi connectivity index (χ1n) is 10.1. The number of halogens is 1. The number of aromatic nitrogens is 1. The summed E-state index contributed by atoms with van der Waals surface area (Å²) in [6.07, 6.45) is 4.15. The number of aryl methyl sites for hydroxylation is 3. The number of nitrogens with one attached hydrogen (secondary N) is 1. The number of benzene rings is 1. The van der Waals surface area contributed by atoms with Crippen molar-refractivity contribution in [2.24, 2.45) is 7.05 Å². The van der Waals surface area contributed by atoms with Gasteiger partial charge < -0.3 is 9.88 Å². The Morgan fingerprint density at radius 3 is 2.11 bits per heavy atom. The lowest BCUT2D eigenvalue weighted by Gasteiger charge is -2.20. The van der Waals surface area contributed by atoms with E-state index in [-0.39, 0.29) is 16.9 Å². The molecule has 0 atom stereocenters. The zero-order valence-corrected chi connectivity index (χ0v) is 19.4. The number of hydrogen-bond acceptors (Lipinski definition) is 2. The monoisotopic (exact) mass is 446 g/mol. The van der Waals surface area contributed by atoms with E-state index < -0.39 is 0 Å². The van der Waals surface area contributed by atoms with Crippen LogP contribution in [0.3, 0.4) is 0 Å². The largest absolute Gasteiger partial charge is 0.350 e. The standard InChI is InChI=1S/C23H31BrN2O2/c1-7-11-18-19(22(27)20(24)14(5)26(18)6)23(28)25-21-16(9-3)12-15(8-2)13-17(21)10-4/h12-13H,7-11H2,1-6H3,(H,25,28). The van der Waals surface area contributed by atoms with Crippen molar-refractivity contribution >= 4 is 27.5 Å². The Kier molecular flexibility index (Phi) is 7.64. The highest BCUT2D eigenvalue weighted by atomic mass is 79.9. The molecule has 1 N–H and O–H groups in total. The number of amides is 1. The van der Waals surface area contributed by atoms with E-state index in [9.17, 15) is 9.59 Å². The molecule has 0 aliphatic carbocycles. The van der Waals surface area contributed by atoms with Gasteiger partial charge in [-0.2, -0.15) is 0 Å². The highest BCUT2D eigenvalue weighted by Gasteiger charge is 2.23. The predicted molar refractivity (Wildman–Crippen MR) is 121 cm³/mol. The molecule has 1 aromatic carbocycles. The second kappa shape index (κ2) is 9.55. The van der Waals surface area contributed by atoms with Gasteiger partial charge in [-0.25, -0.2) is 0 Å². The number of anilines is 1. The summed E-state index contributed by atoms with van der Waals surface area (Å²) in [6.45, 7) is 10.3. The van der Waals surface area contributed by atoms with Gasteiger partial charge in [0.15, 0.2) is 0 Å². The average molecular weight is 447 g/mol. The first-order chi connectivity index (χ1) is 13.3. The fourth-order valence-electron chi connectivity index (χ4n) is 3.62. The molecule has 1 amide bonds. The fraction of sp³-hybridized carbons (Fsp3) is 0.478. The molecule has 0 aliphatic rings. The molecule has 0 saturated heterocycles. The van der Waals surface area contributed by atoms with E-state index in [0.29, 0.717) is 10.9 Å². The SMILES string of the molecule is CCCc1c(C(=O)Nc2c(CC)cc(CC)cc2CC)c(=O)c(Br)c(C)n1C. The zero-order valence-electron chi connectivity index (χ0n) is 17.8. The summed E-state index contributed by atoms with van der Waals surface area (Å²) in [4.78, 5) is 26.2. The molecular weight excluding hydrogens is 416 g/mol. The molecule has 0 saturated carbocycles. The van der Waals surface area contributed by atoms with E-state index in [1.165, 1.54) is 5.56 Å². The van der Waals surface area contributed by atoms with Crippen LogP contribution in [-0.4, -0.2) is 10.5 Å². The summed E-state index contributed by atoms with van der Waals surface area (Å²) in [5.74, 6) is -0.321. The van der Waals surface area contributed by atoms with Gasteiger partial charge in [-0.1, -0.05) is 46.2 Å². The van der Waals surface area contributed by atoms with Crippen LogP contribution in [0.5, 0.6) is 0 Å². The summed E-state index contributed by atoms with van der Waals surface area (Å²) in [6, 6.07) is 4.32. The maximum atomic E-state index is 13.3. The minimum absolute atomic E-state index is 0.238. The summed E-state index contributed by atoms with van der Waals surface area (Å²) in [5.41, 5.74) is 5.98. The number of pyridine rings is 1. The molecule has 2 rings (SSSR count). The highest BCUT2D eigenvalue weighted by Crippen LogP contribution is 2.27. The van der Waals surface area contributed by atoms with Crippen molar-refractivity contribution in [3.63, 3.8) is 0 Å². The quantitative estimate of drug-likeness (QED) is 0.622. The van der Waals surface area contributed by atoms with Gasteiger partial charge in [0.25, 0.3) is 5.91 Å². The van der Waals surface area contributed by atoms with E-state index in [1.807, 2.05) is 18.5 Å². The molecule has 4 nitrogen and oxygen atoms in total. The van der Waals surface area contributed by atoms with Crippen molar-refractivity contribution in [1.29, 1.82) is 0 Å². The first kappa shape index (κ1) is 22.4. The number of carbonyl (C=O) groups is 1. The number of rotatable bonds is 7. The summed E-state index contributed by atoms with van der Waals surface area (Å²) < 4.78 is 2.40. The third kappa shape index (κ3) is 4.24. The second-order valence-electron chi connectivity index (χ2n) is 7.16. The first-order valence-corrected chi connectivity index (χ1v) is 10.9. The summed E-state index contributed by atoms with van der Waals surface area (Å²) >= 11 is 3.38. The summed E-state index contributed by atoms with van der Waals surface area (Å²) in [7, 11) is 1.91. The molecule has 0 bridgehead atoms. The van der Waals surface area contributed by atoms with Crippen LogP contribution in [0.1, 0.15) is 72.6 Å². The Morgan fingerprint density at radius 1 is 1.07 bits per heavy atom. The van der Waals surface area contributed by atoms with Crippen LogP contribution in [0.15, 0.2) is 21.4 Å². The lowest BCUT2D eigenvalue weighted by atomic mass is 9.97.